The number of imidazole rings is 1. The number of aryl methyl sites for hydroxylation is 2. The molecule has 0 amide bonds. The number of hydrogen-bond acceptors (Lipinski definition) is 6. The molecular weight excluding hydrogens is 459 g/mol. The number of benzene rings is 1. The molecule has 0 saturated carbocycles. The Hall–Kier alpha value is -1.87. The number of hydrogen-bond donors (Lipinski definition) is 1. The predicted molar refractivity (Wildman–Crippen MR) is 125 cm³/mol. The highest BCUT2D eigenvalue weighted by molar-refractivity contribution is 7.91. The van der Waals surface area contributed by atoms with E-state index in [2.05, 4.69) is 14.5 Å². The molecule has 0 spiro atoms. The number of aromatic nitrogens is 3. The number of nitrogens with two attached hydrogens (primary N) is 1. The molecule has 0 fully saturated rings. The number of methoxy groups -OCH3 is 1. The summed E-state index contributed by atoms with van der Waals surface area (Å²) in [6.07, 6.45) is 3.67. The van der Waals surface area contributed by atoms with Crippen LogP contribution < -0.4 is 5.73 Å². The van der Waals surface area contributed by atoms with Gasteiger partial charge >= 0.3 is 0 Å². The summed E-state index contributed by atoms with van der Waals surface area (Å²) in [6.45, 7) is 4.39. The Morgan fingerprint density at radius 1 is 1.23 bits per heavy atom. The second kappa shape index (κ2) is 9.73. The minimum atomic E-state index is -3.49. The summed E-state index contributed by atoms with van der Waals surface area (Å²) < 4.78 is 32.8. The number of nitrogens with zero attached hydrogens (tertiary/aromatic N) is 3. The van der Waals surface area contributed by atoms with Gasteiger partial charge in [-0.1, -0.05) is 29.6 Å². The van der Waals surface area contributed by atoms with Gasteiger partial charge in [-0.15, -0.1) is 0 Å². The minimum Gasteiger partial charge on any atom is -0.383 e. The van der Waals surface area contributed by atoms with Crippen LogP contribution in [0.1, 0.15) is 36.6 Å². The topological polar surface area (TPSA) is 100 Å². The molecular formula is C21H26Cl2N4O3S. The van der Waals surface area contributed by atoms with E-state index >= 15 is 0 Å². The van der Waals surface area contributed by atoms with Crippen LogP contribution in [0.5, 0.6) is 0 Å². The maximum absolute atomic E-state index is 12.7. The Balaban J connectivity index is 1.73. The number of nitrogen functional groups attached to an aromatic ring is 1. The van der Waals surface area contributed by atoms with E-state index in [1.165, 1.54) is 18.2 Å². The monoisotopic (exact) mass is 484 g/mol. The fraction of sp³-hybridized carbons (Fsp3) is 0.429. The van der Waals surface area contributed by atoms with Gasteiger partial charge in [-0.2, -0.15) is 0 Å². The predicted octanol–water partition coefficient (Wildman–Crippen LogP) is 4.77. The lowest BCUT2D eigenvalue weighted by molar-refractivity contribution is 0.151. The molecule has 0 saturated heterocycles. The summed E-state index contributed by atoms with van der Waals surface area (Å²) in [5.74, 6) is 0.409. The number of sulfone groups is 1. The zero-order chi connectivity index (χ0) is 22.8. The summed E-state index contributed by atoms with van der Waals surface area (Å²) in [7, 11) is -1.84. The van der Waals surface area contributed by atoms with Gasteiger partial charge < -0.3 is 15.0 Å². The second-order valence-corrected chi connectivity index (χ2v) is 10.5. The van der Waals surface area contributed by atoms with Crippen LogP contribution in [-0.4, -0.2) is 42.4 Å². The Morgan fingerprint density at radius 2 is 1.97 bits per heavy atom. The summed E-state index contributed by atoms with van der Waals surface area (Å²) in [5, 5.41) is 0.548. The number of anilines is 1. The van der Waals surface area contributed by atoms with Gasteiger partial charge in [0.2, 0.25) is 0 Å². The molecule has 7 nitrogen and oxygen atoms in total. The molecule has 168 valence electrons. The van der Waals surface area contributed by atoms with Crippen LogP contribution in [0, 0.1) is 13.8 Å². The van der Waals surface area contributed by atoms with Crippen molar-refractivity contribution >= 4 is 49.9 Å². The fourth-order valence-corrected chi connectivity index (χ4v) is 5.89. The van der Waals surface area contributed by atoms with E-state index in [-0.39, 0.29) is 21.7 Å². The molecule has 1 aromatic carbocycles. The van der Waals surface area contributed by atoms with E-state index in [0.717, 1.165) is 23.2 Å². The first-order valence-electron chi connectivity index (χ1n) is 9.91. The van der Waals surface area contributed by atoms with Crippen molar-refractivity contribution in [2.45, 2.75) is 44.0 Å². The number of ether oxygens (including phenoxy) is 1. The van der Waals surface area contributed by atoms with Crippen molar-refractivity contribution < 1.29 is 13.2 Å². The van der Waals surface area contributed by atoms with Crippen molar-refractivity contribution in [3.8, 4) is 0 Å². The molecule has 10 heteroatoms. The first-order valence-corrected chi connectivity index (χ1v) is 12.3. The van der Waals surface area contributed by atoms with Crippen LogP contribution in [-0.2, 0) is 14.6 Å². The summed E-state index contributed by atoms with van der Waals surface area (Å²) in [5.41, 5.74) is 9.54. The summed E-state index contributed by atoms with van der Waals surface area (Å²) in [4.78, 5) is 8.91. The molecule has 2 N–H and O–H groups in total. The van der Waals surface area contributed by atoms with Gasteiger partial charge in [0.05, 0.1) is 40.2 Å². The van der Waals surface area contributed by atoms with Crippen molar-refractivity contribution in [2.75, 3.05) is 25.2 Å². The number of halogens is 2. The van der Waals surface area contributed by atoms with Crippen molar-refractivity contribution in [3.63, 3.8) is 0 Å². The quantitative estimate of drug-likeness (QED) is 0.439. The first kappa shape index (κ1) is 23.8. The van der Waals surface area contributed by atoms with Gasteiger partial charge in [0.15, 0.2) is 15.7 Å². The highest BCUT2D eigenvalue weighted by Crippen LogP contribution is 2.30. The highest BCUT2D eigenvalue weighted by atomic mass is 35.5. The summed E-state index contributed by atoms with van der Waals surface area (Å²) in [6, 6.07) is 4.43. The van der Waals surface area contributed by atoms with Gasteiger partial charge in [0.25, 0.3) is 0 Å². The highest BCUT2D eigenvalue weighted by Gasteiger charge is 2.21. The van der Waals surface area contributed by atoms with Gasteiger partial charge in [-0.3, -0.25) is 0 Å². The van der Waals surface area contributed by atoms with Crippen LogP contribution in [0.25, 0.3) is 11.0 Å². The van der Waals surface area contributed by atoms with Crippen LogP contribution >= 0.6 is 23.2 Å². The standard InChI is InChI=1S/C21H26Cl2N4O3S/c1-13-14(2)26-21(24)19-20(13)27(12-25-19)16(11-30-3)6-4-5-9-31(28,29)18-8-7-15(22)10-17(18)23/h7-8,10,12,16H,4-6,9,11H2,1-3H3,(H2,24,26). The number of fused-ring (bicyclic) bond motifs is 1. The lowest BCUT2D eigenvalue weighted by atomic mass is 10.1. The van der Waals surface area contributed by atoms with Crippen molar-refractivity contribution in [1.82, 2.24) is 14.5 Å². The lowest BCUT2D eigenvalue weighted by Crippen LogP contribution is -2.16. The van der Waals surface area contributed by atoms with Gasteiger partial charge in [0, 0.05) is 17.8 Å². The zero-order valence-electron chi connectivity index (χ0n) is 17.7. The van der Waals surface area contributed by atoms with Gasteiger partial charge in [-0.25, -0.2) is 18.4 Å². The molecule has 0 bridgehead atoms. The van der Waals surface area contributed by atoms with Crippen molar-refractivity contribution in [3.05, 3.63) is 45.8 Å². The fourth-order valence-electron chi connectivity index (χ4n) is 3.69. The lowest BCUT2D eigenvalue weighted by Gasteiger charge is -2.20. The third-order valence-corrected chi connectivity index (χ3v) is 7.92. The average Bonchev–Trinajstić information content (AvgIpc) is 3.14. The Morgan fingerprint density at radius 3 is 2.65 bits per heavy atom. The molecule has 3 aromatic rings. The smallest absolute Gasteiger partial charge is 0.179 e. The molecule has 0 aliphatic heterocycles. The third-order valence-electron chi connectivity index (χ3n) is 5.40. The maximum Gasteiger partial charge on any atom is 0.179 e. The van der Waals surface area contributed by atoms with E-state index in [0.29, 0.717) is 35.8 Å². The SMILES string of the molecule is COCC(CCCCS(=O)(=O)c1ccc(Cl)cc1Cl)n1cnc2c(N)nc(C)c(C)c21. The molecule has 0 aliphatic carbocycles. The van der Waals surface area contributed by atoms with E-state index in [9.17, 15) is 8.42 Å². The Bertz CT molecular complexity index is 1200. The first-order chi connectivity index (χ1) is 14.7. The molecule has 2 aromatic heterocycles. The Labute approximate surface area is 192 Å². The second-order valence-electron chi connectivity index (χ2n) is 7.56. The van der Waals surface area contributed by atoms with Crippen LogP contribution in [0.2, 0.25) is 10.0 Å². The molecule has 31 heavy (non-hydrogen) atoms. The molecule has 2 heterocycles. The molecule has 1 unspecified atom stereocenters. The normalized spacial score (nSPS) is 13.1. The van der Waals surface area contributed by atoms with E-state index in [4.69, 9.17) is 33.7 Å². The molecule has 0 radical (unpaired) electrons. The zero-order valence-corrected chi connectivity index (χ0v) is 20.1. The molecule has 0 aliphatic rings. The van der Waals surface area contributed by atoms with Gasteiger partial charge in [0.1, 0.15) is 5.52 Å². The largest absolute Gasteiger partial charge is 0.383 e. The molecule has 3 rings (SSSR count). The number of pyridine rings is 1. The van der Waals surface area contributed by atoms with E-state index in [1.54, 1.807) is 13.4 Å². The van der Waals surface area contributed by atoms with Crippen molar-refractivity contribution in [1.29, 1.82) is 0 Å². The number of rotatable bonds is 9. The van der Waals surface area contributed by atoms with E-state index < -0.39 is 9.84 Å². The van der Waals surface area contributed by atoms with E-state index in [1.807, 2.05) is 13.8 Å². The summed E-state index contributed by atoms with van der Waals surface area (Å²) >= 11 is 11.9. The van der Waals surface area contributed by atoms with Gasteiger partial charge in [-0.05, 0) is 50.5 Å². The maximum atomic E-state index is 12.7. The van der Waals surface area contributed by atoms with Crippen LogP contribution in [0.3, 0.4) is 0 Å². The Kier molecular flexibility index (Phi) is 7.47. The van der Waals surface area contributed by atoms with Crippen molar-refractivity contribution in [2.24, 2.45) is 0 Å². The average molecular weight is 485 g/mol. The van der Waals surface area contributed by atoms with Crippen LogP contribution in [0.4, 0.5) is 5.82 Å². The van der Waals surface area contributed by atoms with Crippen LogP contribution in [0.15, 0.2) is 29.4 Å². The minimum absolute atomic E-state index is 0.00303. The third kappa shape index (κ3) is 5.14. The molecule has 1 atom stereocenters. The number of unbranched alkanes of at least 4 members (excludes halogenated alkanes) is 1.